The molecular weight excluding hydrogens is 202 g/mol. The van der Waals surface area contributed by atoms with Gasteiger partial charge in [-0.3, -0.25) is 4.79 Å². The second kappa shape index (κ2) is 5.15. The monoisotopic (exact) mass is 225 g/mol. The number of hydrogen-bond acceptors (Lipinski definition) is 3. The number of nitrogens with two attached hydrogens (primary N) is 1. The average Bonchev–Trinajstić information content (AvgIpc) is 3.01. The SMILES string of the molecule is CCNC(=O)CCN1C[C@H](C2CC2)[C@@H](N)C1. The van der Waals surface area contributed by atoms with Crippen molar-refractivity contribution < 1.29 is 4.79 Å². The fourth-order valence-electron chi connectivity index (χ4n) is 2.69. The lowest BCUT2D eigenvalue weighted by Gasteiger charge is -2.14. The minimum absolute atomic E-state index is 0.158. The zero-order valence-electron chi connectivity index (χ0n) is 10.1. The number of carbonyl (C=O) groups is 1. The Morgan fingerprint density at radius 1 is 1.44 bits per heavy atom. The Balaban J connectivity index is 1.69. The summed E-state index contributed by atoms with van der Waals surface area (Å²) in [4.78, 5) is 13.7. The van der Waals surface area contributed by atoms with Gasteiger partial charge in [0.2, 0.25) is 5.91 Å². The van der Waals surface area contributed by atoms with Crippen molar-refractivity contribution in [3.63, 3.8) is 0 Å². The lowest BCUT2D eigenvalue weighted by Crippen LogP contribution is -2.32. The molecule has 0 bridgehead atoms. The summed E-state index contributed by atoms with van der Waals surface area (Å²) >= 11 is 0. The summed E-state index contributed by atoms with van der Waals surface area (Å²) in [5.74, 6) is 1.73. The zero-order chi connectivity index (χ0) is 11.5. The largest absolute Gasteiger partial charge is 0.356 e. The van der Waals surface area contributed by atoms with Crippen molar-refractivity contribution >= 4 is 5.91 Å². The van der Waals surface area contributed by atoms with Crippen molar-refractivity contribution in [3.8, 4) is 0 Å². The van der Waals surface area contributed by atoms with Crippen molar-refractivity contribution in [2.24, 2.45) is 17.6 Å². The van der Waals surface area contributed by atoms with Gasteiger partial charge in [-0.1, -0.05) is 0 Å². The van der Waals surface area contributed by atoms with Gasteiger partial charge >= 0.3 is 0 Å². The van der Waals surface area contributed by atoms with E-state index in [1.54, 1.807) is 0 Å². The van der Waals surface area contributed by atoms with E-state index in [1.165, 1.54) is 12.8 Å². The second-order valence-electron chi connectivity index (χ2n) is 5.13. The summed E-state index contributed by atoms with van der Waals surface area (Å²) < 4.78 is 0. The molecule has 4 heteroatoms. The quantitative estimate of drug-likeness (QED) is 0.702. The molecule has 2 atom stereocenters. The topological polar surface area (TPSA) is 58.4 Å². The normalized spacial score (nSPS) is 30.6. The van der Waals surface area contributed by atoms with Crippen LogP contribution in [0.1, 0.15) is 26.2 Å². The molecule has 0 aromatic carbocycles. The summed E-state index contributed by atoms with van der Waals surface area (Å²) in [6, 6.07) is 0.335. The van der Waals surface area contributed by atoms with Crippen LogP contribution in [0.5, 0.6) is 0 Å². The van der Waals surface area contributed by atoms with E-state index in [2.05, 4.69) is 10.2 Å². The Labute approximate surface area is 97.6 Å². The first kappa shape index (κ1) is 11.9. The Morgan fingerprint density at radius 3 is 2.81 bits per heavy atom. The molecule has 1 aliphatic heterocycles. The second-order valence-corrected chi connectivity index (χ2v) is 5.13. The maximum absolute atomic E-state index is 11.3. The minimum atomic E-state index is 0.158. The lowest BCUT2D eigenvalue weighted by atomic mass is 9.99. The van der Waals surface area contributed by atoms with E-state index >= 15 is 0 Å². The number of rotatable bonds is 5. The third-order valence-electron chi connectivity index (χ3n) is 3.74. The van der Waals surface area contributed by atoms with Crippen molar-refractivity contribution in [1.82, 2.24) is 10.2 Å². The first-order chi connectivity index (χ1) is 7.70. The predicted octanol–water partition coefficient (Wildman–Crippen LogP) is 0.182. The maximum atomic E-state index is 11.3. The van der Waals surface area contributed by atoms with E-state index in [4.69, 9.17) is 5.73 Å². The van der Waals surface area contributed by atoms with Gasteiger partial charge in [-0.15, -0.1) is 0 Å². The highest BCUT2D eigenvalue weighted by molar-refractivity contribution is 5.75. The Bertz CT molecular complexity index is 253. The van der Waals surface area contributed by atoms with Crippen LogP contribution in [0.2, 0.25) is 0 Å². The van der Waals surface area contributed by atoms with Crippen LogP contribution in [-0.2, 0) is 4.79 Å². The van der Waals surface area contributed by atoms with Gasteiger partial charge in [0.05, 0.1) is 0 Å². The van der Waals surface area contributed by atoms with Crippen LogP contribution in [0.25, 0.3) is 0 Å². The summed E-state index contributed by atoms with van der Waals surface area (Å²) in [5, 5.41) is 2.83. The molecule has 0 aromatic heterocycles. The molecule has 0 aromatic rings. The van der Waals surface area contributed by atoms with Gasteiger partial charge < -0.3 is 16.0 Å². The molecule has 2 fully saturated rings. The highest BCUT2D eigenvalue weighted by Gasteiger charge is 2.40. The van der Waals surface area contributed by atoms with Gasteiger partial charge in [0, 0.05) is 38.6 Å². The molecule has 16 heavy (non-hydrogen) atoms. The molecule has 4 nitrogen and oxygen atoms in total. The smallest absolute Gasteiger partial charge is 0.221 e. The summed E-state index contributed by atoms with van der Waals surface area (Å²) in [6.07, 6.45) is 3.34. The van der Waals surface area contributed by atoms with Gasteiger partial charge in [0.1, 0.15) is 0 Å². The van der Waals surface area contributed by atoms with Crippen molar-refractivity contribution in [1.29, 1.82) is 0 Å². The van der Waals surface area contributed by atoms with E-state index in [0.717, 1.165) is 32.1 Å². The third-order valence-corrected chi connectivity index (χ3v) is 3.74. The molecule has 1 saturated heterocycles. The molecule has 0 spiro atoms. The highest BCUT2D eigenvalue weighted by atomic mass is 16.1. The van der Waals surface area contributed by atoms with Crippen molar-refractivity contribution in [2.45, 2.75) is 32.2 Å². The molecular formula is C12H23N3O. The Hall–Kier alpha value is -0.610. The Kier molecular flexibility index (Phi) is 3.82. The molecule has 2 rings (SSSR count). The molecule has 92 valence electrons. The van der Waals surface area contributed by atoms with Crippen molar-refractivity contribution in [2.75, 3.05) is 26.2 Å². The molecule has 1 amide bonds. The van der Waals surface area contributed by atoms with E-state index in [9.17, 15) is 4.79 Å². The third kappa shape index (κ3) is 2.95. The highest BCUT2D eigenvalue weighted by Crippen LogP contribution is 2.40. The standard InChI is InChI=1S/C12H23N3O/c1-2-14-12(16)5-6-15-7-10(9-3-4-9)11(13)8-15/h9-11H,2-8,13H2,1H3,(H,14,16)/t10-,11+/m1/s1. The number of nitrogens with zero attached hydrogens (tertiary/aromatic N) is 1. The van der Waals surface area contributed by atoms with Gasteiger partial charge in [-0.2, -0.15) is 0 Å². The predicted molar refractivity (Wildman–Crippen MR) is 63.9 cm³/mol. The lowest BCUT2D eigenvalue weighted by molar-refractivity contribution is -0.121. The molecule has 1 aliphatic carbocycles. The summed E-state index contributed by atoms with van der Waals surface area (Å²) in [5.41, 5.74) is 6.13. The van der Waals surface area contributed by atoms with Crippen LogP contribution in [0.3, 0.4) is 0 Å². The van der Waals surface area contributed by atoms with Gasteiger partial charge in [-0.25, -0.2) is 0 Å². The average molecular weight is 225 g/mol. The number of carbonyl (C=O) groups excluding carboxylic acids is 1. The molecule has 1 saturated carbocycles. The van der Waals surface area contributed by atoms with E-state index in [-0.39, 0.29) is 5.91 Å². The van der Waals surface area contributed by atoms with Crippen LogP contribution in [0.15, 0.2) is 0 Å². The molecule has 0 unspecified atom stereocenters. The number of amides is 1. The summed E-state index contributed by atoms with van der Waals surface area (Å²) in [7, 11) is 0. The van der Waals surface area contributed by atoms with Crippen LogP contribution in [0.4, 0.5) is 0 Å². The zero-order valence-corrected chi connectivity index (χ0v) is 10.1. The maximum Gasteiger partial charge on any atom is 0.221 e. The van der Waals surface area contributed by atoms with E-state index in [0.29, 0.717) is 18.4 Å². The number of nitrogens with one attached hydrogen (secondary N) is 1. The first-order valence-corrected chi connectivity index (χ1v) is 6.45. The summed E-state index contributed by atoms with van der Waals surface area (Å²) in [6.45, 7) is 5.62. The molecule has 3 N–H and O–H groups in total. The first-order valence-electron chi connectivity index (χ1n) is 6.45. The van der Waals surface area contributed by atoms with Crippen LogP contribution < -0.4 is 11.1 Å². The molecule has 0 radical (unpaired) electrons. The van der Waals surface area contributed by atoms with Gasteiger partial charge in [0.25, 0.3) is 0 Å². The van der Waals surface area contributed by atoms with Gasteiger partial charge in [-0.05, 0) is 31.6 Å². The number of likely N-dealkylation sites (tertiary alicyclic amines) is 1. The van der Waals surface area contributed by atoms with E-state index in [1.807, 2.05) is 6.92 Å². The van der Waals surface area contributed by atoms with Crippen molar-refractivity contribution in [3.05, 3.63) is 0 Å². The van der Waals surface area contributed by atoms with E-state index < -0.39 is 0 Å². The van der Waals surface area contributed by atoms with Crippen LogP contribution in [0, 0.1) is 11.8 Å². The number of hydrogen-bond donors (Lipinski definition) is 2. The minimum Gasteiger partial charge on any atom is -0.356 e. The Morgan fingerprint density at radius 2 is 2.19 bits per heavy atom. The fourth-order valence-corrected chi connectivity index (χ4v) is 2.69. The fraction of sp³-hybridized carbons (Fsp3) is 0.917. The van der Waals surface area contributed by atoms with Gasteiger partial charge in [0.15, 0.2) is 0 Å². The van der Waals surface area contributed by atoms with Crippen LogP contribution >= 0.6 is 0 Å². The van der Waals surface area contributed by atoms with Crippen LogP contribution in [-0.4, -0.2) is 43.0 Å². The molecule has 1 heterocycles. The molecule has 2 aliphatic rings.